The van der Waals surface area contributed by atoms with Gasteiger partial charge in [-0.3, -0.25) is 0 Å². The Kier molecular flexibility index (Phi) is 6.95. The van der Waals surface area contributed by atoms with Gasteiger partial charge in [-0.1, -0.05) is 0 Å². The molecule has 158 valence electrons. The van der Waals surface area contributed by atoms with E-state index in [-0.39, 0.29) is 11.4 Å². The monoisotopic (exact) mass is 425 g/mol. The summed E-state index contributed by atoms with van der Waals surface area (Å²) in [5, 5.41) is 10.9. The molecular formula is C23H28FN5S. The highest BCUT2D eigenvalue weighted by molar-refractivity contribution is 7.80. The Morgan fingerprint density at radius 1 is 1.30 bits per heavy atom. The number of nitrogens with two attached hydrogens (primary N) is 1. The lowest BCUT2D eigenvalue weighted by atomic mass is 9.97. The zero-order chi connectivity index (χ0) is 21.7. The molecule has 1 aliphatic heterocycles. The molecule has 1 unspecified atom stereocenters. The van der Waals surface area contributed by atoms with E-state index in [0.29, 0.717) is 11.5 Å². The average Bonchev–Trinajstić information content (AvgIpc) is 3.28. The Balaban J connectivity index is 0.000000269. The average molecular weight is 426 g/mol. The molecule has 7 heteroatoms. The molecule has 1 aliphatic rings. The van der Waals surface area contributed by atoms with Gasteiger partial charge in [0.1, 0.15) is 5.82 Å². The Bertz CT molecular complexity index is 1020. The van der Waals surface area contributed by atoms with Crippen molar-refractivity contribution in [2.24, 2.45) is 11.7 Å². The van der Waals surface area contributed by atoms with E-state index < -0.39 is 0 Å². The molecule has 0 radical (unpaired) electrons. The van der Waals surface area contributed by atoms with Gasteiger partial charge in [-0.2, -0.15) is 0 Å². The largest absolute Gasteiger partial charge is 0.404 e. The fourth-order valence-electron chi connectivity index (χ4n) is 3.74. The number of allylic oxidation sites excluding steroid dienone is 1. The maximum atomic E-state index is 12.1. The van der Waals surface area contributed by atoms with Gasteiger partial charge in [0.05, 0.1) is 16.7 Å². The van der Waals surface area contributed by atoms with E-state index in [1.54, 1.807) is 12.1 Å². The highest BCUT2D eigenvalue weighted by Crippen LogP contribution is 2.26. The number of hydrogen-bond donors (Lipinski definition) is 4. The van der Waals surface area contributed by atoms with Gasteiger partial charge >= 0.3 is 0 Å². The standard InChI is InChI=1S/C17H23N5.C6H5FS/c1-17(2)7-12(10-20-17)11-22-6-5-15-16(22)4-3-14(21-15)13(8-18)9-19;7-5-1-3-6(8)4-2-5/h3-6,8-9,12,18,20H,7,10-11,19H2,1-2H3;1-4,8H/b13-9+,18-8?;. The molecule has 1 saturated heterocycles. The van der Waals surface area contributed by atoms with Crippen LogP contribution in [0.2, 0.25) is 0 Å². The van der Waals surface area contributed by atoms with Gasteiger partial charge in [0, 0.05) is 47.7 Å². The molecule has 2 aromatic heterocycles. The molecule has 1 atom stereocenters. The number of halogens is 1. The molecule has 0 spiro atoms. The third-order valence-electron chi connectivity index (χ3n) is 5.20. The SMILES string of the molecule is CC1(C)CC(Cn2ccc3nc(/C(C=N)=C/N)ccc32)CN1.Fc1ccc(S)cc1. The van der Waals surface area contributed by atoms with Crippen LogP contribution in [0.25, 0.3) is 16.6 Å². The van der Waals surface area contributed by atoms with Crippen molar-refractivity contribution in [3.8, 4) is 0 Å². The van der Waals surface area contributed by atoms with Crippen LogP contribution >= 0.6 is 12.6 Å². The van der Waals surface area contributed by atoms with E-state index in [4.69, 9.17) is 11.1 Å². The second-order valence-corrected chi connectivity index (χ2v) is 8.66. The van der Waals surface area contributed by atoms with Gasteiger partial charge in [0.2, 0.25) is 0 Å². The predicted octanol–water partition coefficient (Wildman–Crippen LogP) is 4.49. The lowest BCUT2D eigenvalue weighted by molar-refractivity contribution is 0.421. The number of thiol groups is 1. The Morgan fingerprint density at radius 2 is 2.03 bits per heavy atom. The minimum absolute atomic E-state index is 0.220. The van der Waals surface area contributed by atoms with E-state index >= 15 is 0 Å². The van der Waals surface area contributed by atoms with Crippen molar-refractivity contribution in [2.75, 3.05) is 6.54 Å². The van der Waals surface area contributed by atoms with Crippen LogP contribution < -0.4 is 11.1 Å². The third-order valence-corrected chi connectivity index (χ3v) is 5.50. The zero-order valence-electron chi connectivity index (χ0n) is 17.3. The molecule has 1 aromatic carbocycles. The van der Waals surface area contributed by atoms with Gasteiger partial charge in [0.25, 0.3) is 0 Å². The van der Waals surface area contributed by atoms with Gasteiger partial charge in [-0.05, 0) is 68.7 Å². The first-order chi connectivity index (χ1) is 14.3. The quantitative estimate of drug-likeness (QED) is 0.367. The smallest absolute Gasteiger partial charge is 0.123 e. The van der Waals surface area contributed by atoms with Crippen LogP contribution in [0.1, 0.15) is 26.0 Å². The summed E-state index contributed by atoms with van der Waals surface area (Å²) < 4.78 is 14.3. The van der Waals surface area contributed by atoms with E-state index in [2.05, 4.69) is 53.6 Å². The Hall–Kier alpha value is -2.64. The number of rotatable bonds is 4. The van der Waals surface area contributed by atoms with Crippen molar-refractivity contribution in [3.05, 3.63) is 66.4 Å². The summed E-state index contributed by atoms with van der Waals surface area (Å²) in [6, 6.07) is 12.0. The number of pyridine rings is 1. The fourth-order valence-corrected chi connectivity index (χ4v) is 3.89. The number of nitrogens with one attached hydrogen (secondary N) is 2. The maximum absolute atomic E-state index is 12.1. The van der Waals surface area contributed by atoms with Crippen LogP contribution in [0.3, 0.4) is 0 Å². The minimum atomic E-state index is -0.220. The highest BCUT2D eigenvalue weighted by Gasteiger charge is 2.30. The molecular weight excluding hydrogens is 397 g/mol. The predicted molar refractivity (Wildman–Crippen MR) is 125 cm³/mol. The minimum Gasteiger partial charge on any atom is -0.404 e. The van der Waals surface area contributed by atoms with Crippen LogP contribution in [0.15, 0.2) is 59.8 Å². The van der Waals surface area contributed by atoms with Crippen LogP contribution in [-0.4, -0.2) is 27.8 Å². The van der Waals surface area contributed by atoms with E-state index in [1.807, 2.05) is 12.1 Å². The maximum Gasteiger partial charge on any atom is 0.123 e. The van der Waals surface area contributed by atoms with Crippen LogP contribution in [0, 0.1) is 17.1 Å². The fraction of sp³-hybridized carbons (Fsp3) is 0.304. The summed E-state index contributed by atoms with van der Waals surface area (Å²) >= 11 is 3.97. The summed E-state index contributed by atoms with van der Waals surface area (Å²) in [4.78, 5) is 5.39. The molecule has 0 amide bonds. The Morgan fingerprint density at radius 3 is 2.60 bits per heavy atom. The molecule has 0 bridgehead atoms. The topological polar surface area (TPSA) is 79.7 Å². The van der Waals surface area contributed by atoms with Crippen molar-refractivity contribution in [2.45, 2.75) is 37.2 Å². The second-order valence-electron chi connectivity index (χ2n) is 8.15. The molecule has 4 N–H and O–H groups in total. The molecule has 1 fully saturated rings. The van der Waals surface area contributed by atoms with Gasteiger partial charge in [0.15, 0.2) is 0 Å². The van der Waals surface area contributed by atoms with E-state index in [1.165, 1.54) is 31.0 Å². The van der Waals surface area contributed by atoms with Gasteiger partial charge < -0.3 is 21.0 Å². The van der Waals surface area contributed by atoms with Crippen LogP contribution in [0.4, 0.5) is 4.39 Å². The lowest BCUT2D eigenvalue weighted by Crippen LogP contribution is -2.31. The summed E-state index contributed by atoms with van der Waals surface area (Å²) in [5.41, 5.74) is 9.23. The first-order valence-corrected chi connectivity index (χ1v) is 10.3. The first kappa shape index (κ1) is 22.1. The summed E-state index contributed by atoms with van der Waals surface area (Å²) in [5.74, 6) is 0.425. The molecule has 3 aromatic rings. The molecule has 30 heavy (non-hydrogen) atoms. The number of benzene rings is 1. The molecule has 5 nitrogen and oxygen atoms in total. The summed E-state index contributed by atoms with van der Waals surface area (Å²) in [6.45, 7) is 6.58. The summed E-state index contributed by atoms with van der Waals surface area (Å²) in [7, 11) is 0. The normalized spacial score (nSPS) is 18.1. The lowest BCUT2D eigenvalue weighted by Gasteiger charge is -2.17. The number of nitrogens with zero attached hydrogens (tertiary/aromatic N) is 2. The Labute approximate surface area is 182 Å². The molecule has 3 heterocycles. The number of fused-ring (bicyclic) bond motifs is 1. The number of aromatic nitrogens is 2. The number of hydrogen-bond acceptors (Lipinski definition) is 5. The van der Waals surface area contributed by atoms with Gasteiger partial charge in [-0.15, -0.1) is 12.6 Å². The van der Waals surface area contributed by atoms with Crippen molar-refractivity contribution in [3.63, 3.8) is 0 Å². The van der Waals surface area contributed by atoms with Crippen molar-refractivity contribution in [1.82, 2.24) is 14.9 Å². The van der Waals surface area contributed by atoms with Gasteiger partial charge in [-0.25, -0.2) is 9.37 Å². The highest BCUT2D eigenvalue weighted by atomic mass is 32.1. The van der Waals surface area contributed by atoms with Crippen LogP contribution in [-0.2, 0) is 6.54 Å². The molecule has 0 aliphatic carbocycles. The molecule has 4 rings (SSSR count). The van der Waals surface area contributed by atoms with Crippen molar-refractivity contribution < 1.29 is 4.39 Å². The van der Waals surface area contributed by atoms with E-state index in [9.17, 15) is 4.39 Å². The molecule has 0 saturated carbocycles. The first-order valence-electron chi connectivity index (χ1n) is 9.89. The van der Waals surface area contributed by atoms with Crippen molar-refractivity contribution >= 4 is 35.4 Å². The summed E-state index contributed by atoms with van der Waals surface area (Å²) in [6.07, 6.45) is 5.94. The van der Waals surface area contributed by atoms with Crippen molar-refractivity contribution in [1.29, 1.82) is 5.41 Å². The van der Waals surface area contributed by atoms with E-state index in [0.717, 1.165) is 34.7 Å². The second kappa shape index (κ2) is 9.45. The third kappa shape index (κ3) is 5.49. The zero-order valence-corrected chi connectivity index (χ0v) is 18.2. The van der Waals surface area contributed by atoms with Crippen LogP contribution in [0.5, 0.6) is 0 Å².